The minimum absolute atomic E-state index is 0.137. The van der Waals surface area contributed by atoms with Crippen molar-refractivity contribution in [3.63, 3.8) is 0 Å². The molecule has 268 valence electrons. The van der Waals surface area contributed by atoms with E-state index in [1.165, 1.54) is 22.2 Å². The second kappa shape index (κ2) is 13.6. The molecule has 2 aliphatic heterocycles. The fourth-order valence-electron chi connectivity index (χ4n) is 7.65. The lowest BCUT2D eigenvalue weighted by Crippen LogP contribution is -2.31. The average Bonchev–Trinajstić information content (AvgIpc) is 3.95. The fraction of sp³-hybridized carbons (Fsp3) is 0.0435. The molecule has 2 aromatic heterocycles. The Kier molecular flexibility index (Phi) is 8.28. The van der Waals surface area contributed by atoms with Crippen LogP contribution in [0.5, 0.6) is 0 Å². The van der Waals surface area contributed by atoms with Crippen molar-refractivity contribution in [1.29, 1.82) is 0 Å². The quantitative estimate of drug-likeness (QED) is 0.170. The van der Waals surface area contributed by atoms with E-state index in [1.807, 2.05) is 24.3 Å². The molecule has 0 N–H and O–H groups in total. The number of rotatable bonds is 2. The van der Waals surface area contributed by atoms with Gasteiger partial charge >= 0.3 is 0 Å². The topological polar surface area (TPSA) is 135 Å². The number of benzene rings is 4. The molecule has 2 amide bonds. The Morgan fingerprint density at radius 2 is 0.946 bits per heavy atom. The number of hydrogen-bond donors (Lipinski definition) is 0. The summed E-state index contributed by atoms with van der Waals surface area (Å²) in [7, 11) is 0. The van der Waals surface area contributed by atoms with Crippen LogP contribution in [0.15, 0.2) is 169 Å². The van der Waals surface area contributed by atoms with Gasteiger partial charge in [0.25, 0.3) is 11.8 Å². The molecular weight excluding hydrogens is 705 g/mol. The number of para-hydroxylation sites is 2. The van der Waals surface area contributed by atoms with Crippen LogP contribution in [-0.2, 0) is 12.8 Å². The van der Waals surface area contributed by atoms with E-state index in [4.69, 9.17) is 0 Å². The van der Waals surface area contributed by atoms with Gasteiger partial charge in [-0.05, 0) is 59.7 Å². The summed E-state index contributed by atoms with van der Waals surface area (Å²) in [5, 5.41) is 0. The van der Waals surface area contributed by atoms with E-state index in [0.717, 1.165) is 11.1 Å². The Balaban J connectivity index is 0.000000146. The number of amides is 2. The minimum Gasteiger partial charge on any atom is -0.289 e. The van der Waals surface area contributed by atoms with Gasteiger partial charge in [-0.25, -0.2) is 0 Å². The highest BCUT2D eigenvalue weighted by Gasteiger charge is 2.43. The van der Waals surface area contributed by atoms with E-state index >= 15 is 0 Å². The monoisotopic (exact) mass is 732 g/mol. The van der Waals surface area contributed by atoms with Crippen LogP contribution in [0.4, 0.5) is 11.4 Å². The van der Waals surface area contributed by atoms with Gasteiger partial charge in [-0.3, -0.25) is 48.5 Å². The van der Waals surface area contributed by atoms with Gasteiger partial charge in [-0.15, -0.1) is 0 Å². The molecule has 10 nitrogen and oxygen atoms in total. The van der Waals surface area contributed by atoms with Gasteiger partial charge in [0, 0.05) is 64.8 Å². The minimum atomic E-state index is -0.426. The van der Waals surface area contributed by atoms with E-state index in [1.54, 1.807) is 109 Å². The summed E-state index contributed by atoms with van der Waals surface area (Å²) >= 11 is 0. The molecule has 4 aromatic carbocycles. The van der Waals surface area contributed by atoms with Crippen molar-refractivity contribution in [2.24, 2.45) is 0 Å². The summed E-state index contributed by atoms with van der Waals surface area (Å²) in [6.45, 7) is 0. The van der Waals surface area contributed by atoms with E-state index < -0.39 is 5.91 Å². The molecule has 56 heavy (non-hydrogen) atoms. The zero-order chi connectivity index (χ0) is 38.5. The molecule has 0 spiro atoms. The predicted octanol–water partition coefficient (Wildman–Crippen LogP) is 7.24. The molecule has 2 aliphatic carbocycles. The van der Waals surface area contributed by atoms with Crippen LogP contribution < -0.4 is 9.80 Å². The van der Waals surface area contributed by atoms with Gasteiger partial charge in [0.15, 0.2) is 11.6 Å². The third-order valence-corrected chi connectivity index (χ3v) is 10.2. The first-order valence-corrected chi connectivity index (χ1v) is 17.8. The maximum atomic E-state index is 13.3. The molecule has 0 atom stereocenters. The van der Waals surface area contributed by atoms with E-state index in [0.29, 0.717) is 63.2 Å². The lowest BCUT2D eigenvalue weighted by atomic mass is 10.0. The van der Waals surface area contributed by atoms with Crippen molar-refractivity contribution in [1.82, 2.24) is 9.97 Å². The van der Waals surface area contributed by atoms with E-state index in [9.17, 15) is 28.8 Å². The number of carbonyl (C=O) groups excluding carboxylic acids is 6. The number of aromatic nitrogens is 2. The fourth-order valence-corrected chi connectivity index (χ4v) is 7.65. The number of anilines is 2. The predicted molar refractivity (Wildman–Crippen MR) is 207 cm³/mol. The van der Waals surface area contributed by atoms with Gasteiger partial charge < -0.3 is 0 Å². The van der Waals surface area contributed by atoms with E-state index in [2.05, 4.69) is 9.97 Å². The molecule has 10 rings (SSSR count). The van der Waals surface area contributed by atoms with Crippen LogP contribution in [0.2, 0.25) is 0 Å². The summed E-state index contributed by atoms with van der Waals surface area (Å²) in [5.74, 6) is -1.82. The first-order chi connectivity index (χ1) is 27.3. The number of Topliss-reactive ketones (excluding diaryl/α,β-unsaturated/α-hetero) is 4. The van der Waals surface area contributed by atoms with Crippen molar-refractivity contribution in [3.05, 3.63) is 213 Å². The summed E-state index contributed by atoms with van der Waals surface area (Å²) in [6, 6.07) is 36.8. The molecule has 4 aliphatic rings. The Morgan fingerprint density at radius 1 is 0.464 bits per heavy atom. The number of pyridine rings is 2. The van der Waals surface area contributed by atoms with Crippen molar-refractivity contribution in [3.8, 4) is 0 Å². The first-order valence-electron chi connectivity index (χ1n) is 17.8. The largest absolute Gasteiger partial charge is 0.289 e. The first kappa shape index (κ1) is 34.1. The molecular formula is C46H28N4O6. The number of allylic oxidation sites excluding steroid dienone is 4. The Labute approximate surface area is 320 Å². The molecule has 0 radical (unpaired) electrons. The third-order valence-electron chi connectivity index (χ3n) is 10.2. The van der Waals surface area contributed by atoms with Crippen molar-refractivity contribution >= 4 is 46.3 Å². The van der Waals surface area contributed by atoms with Crippen LogP contribution in [0, 0.1) is 0 Å². The van der Waals surface area contributed by atoms with Gasteiger partial charge in [0.1, 0.15) is 17.1 Å². The van der Waals surface area contributed by atoms with Gasteiger partial charge in [0.2, 0.25) is 11.6 Å². The zero-order valence-corrected chi connectivity index (χ0v) is 29.5. The second-order valence-corrected chi connectivity index (χ2v) is 13.4. The smallest absolute Gasteiger partial charge is 0.281 e. The van der Waals surface area contributed by atoms with E-state index in [-0.39, 0.29) is 46.1 Å². The molecule has 0 bridgehead atoms. The Hall–Kier alpha value is -7.72. The molecule has 6 aromatic rings. The highest BCUT2D eigenvalue weighted by atomic mass is 16.2. The summed E-state index contributed by atoms with van der Waals surface area (Å²) in [5.41, 5.74) is 6.28. The Bertz CT molecular complexity index is 2580. The number of ketones is 4. The normalized spacial score (nSPS) is 17.6. The van der Waals surface area contributed by atoms with Crippen LogP contribution in [0.3, 0.4) is 0 Å². The number of fused-ring (bicyclic) bond motifs is 4. The maximum absolute atomic E-state index is 13.3. The summed E-state index contributed by atoms with van der Waals surface area (Å²) in [6.07, 6.45) is 5.23. The summed E-state index contributed by atoms with van der Waals surface area (Å²) < 4.78 is 0. The van der Waals surface area contributed by atoms with Crippen molar-refractivity contribution in [2.45, 2.75) is 12.8 Å². The number of carbonyl (C=O) groups is 6. The van der Waals surface area contributed by atoms with Gasteiger partial charge in [-0.1, -0.05) is 78.9 Å². The van der Waals surface area contributed by atoms with Crippen LogP contribution in [0.1, 0.15) is 73.4 Å². The molecule has 10 heteroatoms. The van der Waals surface area contributed by atoms with Gasteiger partial charge in [-0.2, -0.15) is 0 Å². The lowest BCUT2D eigenvalue weighted by Gasteiger charge is -2.19. The maximum Gasteiger partial charge on any atom is 0.281 e. The zero-order valence-electron chi connectivity index (χ0n) is 29.5. The average molecular weight is 733 g/mol. The van der Waals surface area contributed by atoms with Crippen molar-refractivity contribution in [2.75, 3.05) is 9.80 Å². The van der Waals surface area contributed by atoms with Crippen molar-refractivity contribution < 1.29 is 28.8 Å². The highest BCUT2D eigenvalue weighted by molar-refractivity contribution is 6.32. The summed E-state index contributed by atoms with van der Waals surface area (Å²) in [4.78, 5) is 89.9. The second-order valence-electron chi connectivity index (χ2n) is 13.4. The number of nitrogens with zero attached hydrogens (tertiary/aromatic N) is 4. The highest BCUT2D eigenvalue weighted by Crippen LogP contribution is 2.42. The van der Waals surface area contributed by atoms with Crippen LogP contribution in [0.25, 0.3) is 0 Å². The Morgan fingerprint density at radius 3 is 1.43 bits per heavy atom. The molecule has 4 heterocycles. The third kappa shape index (κ3) is 5.42. The molecule has 0 saturated carbocycles. The SMILES string of the molecule is O=C1/C(=C2/C(=O)c3ccccc3N2C(=O)c2ccccn2)Cc2ccccc21.O=C1/C(=C2/C(=O)c3ccccc3N2C(=O)c2cccnc2)Cc2ccccc21. The van der Waals surface area contributed by atoms with Gasteiger partial charge in [0.05, 0.1) is 16.9 Å². The molecule has 0 fully saturated rings. The lowest BCUT2D eigenvalue weighted by molar-refractivity contribution is 0.0963. The number of hydrogen-bond acceptors (Lipinski definition) is 8. The van der Waals surface area contributed by atoms with Crippen LogP contribution in [-0.4, -0.2) is 44.9 Å². The molecule has 0 unspecified atom stereocenters. The molecule has 0 saturated heterocycles. The van der Waals surface area contributed by atoms with Crippen LogP contribution >= 0.6 is 0 Å². The standard InChI is InChI=1S/2C23H14N2O3/c26-21-15-8-2-1-7-14(15)13-17(21)20-22(27)16-9-3-4-11-19(16)25(20)23(28)18-10-5-6-12-24-18;26-21-16-8-2-1-6-14(16)12-18(21)20-22(27)17-9-3-4-10-19(17)25(20)23(28)15-7-5-11-24-13-15/h1-12H,13H2;1-11,13H,12H2/b20-17-;20-18-.